The molecule has 0 aromatic heterocycles. The number of hydrogen-bond donors (Lipinski definition) is 0. The number of carbonyl (C=O) groups is 1. The lowest BCUT2D eigenvalue weighted by Gasteiger charge is -2.18. The molecule has 14 heavy (non-hydrogen) atoms. The van der Waals surface area contributed by atoms with Gasteiger partial charge in [0.1, 0.15) is 5.75 Å². The molecule has 0 aliphatic rings. The number of hydrogen-bond acceptors (Lipinski definition) is 2. The van der Waals surface area contributed by atoms with Gasteiger partial charge in [-0.2, -0.15) is 0 Å². The van der Waals surface area contributed by atoms with E-state index in [0.717, 1.165) is 5.69 Å². The van der Waals surface area contributed by atoms with Crippen LogP contribution in [-0.4, -0.2) is 20.1 Å². The van der Waals surface area contributed by atoms with Crippen LogP contribution in [0.15, 0.2) is 24.3 Å². The zero-order valence-electron chi connectivity index (χ0n) is 8.49. The van der Waals surface area contributed by atoms with Gasteiger partial charge in [-0.15, -0.1) is 0 Å². The molecular formula is C11H14NO2. The van der Waals surface area contributed by atoms with Crippen molar-refractivity contribution in [2.45, 2.75) is 6.42 Å². The minimum atomic E-state index is -0.0329. The normalized spacial score (nSPS) is 9.64. The Balaban J connectivity index is 2.99. The monoisotopic (exact) mass is 192 g/mol. The van der Waals surface area contributed by atoms with Crippen molar-refractivity contribution in [3.8, 4) is 5.75 Å². The highest BCUT2D eigenvalue weighted by Gasteiger charge is 2.12. The Morgan fingerprint density at radius 2 is 2.14 bits per heavy atom. The quantitative estimate of drug-likeness (QED) is 0.731. The Bertz CT molecular complexity index is 323. The average Bonchev–Trinajstić information content (AvgIpc) is 2.26. The second-order valence-electron chi connectivity index (χ2n) is 2.87. The van der Waals surface area contributed by atoms with Crippen LogP contribution < -0.4 is 9.64 Å². The van der Waals surface area contributed by atoms with Crippen LogP contribution in [0.4, 0.5) is 5.69 Å². The van der Waals surface area contributed by atoms with Gasteiger partial charge in [-0.05, 0) is 19.1 Å². The summed E-state index contributed by atoms with van der Waals surface area (Å²) in [6, 6.07) is 7.39. The van der Waals surface area contributed by atoms with E-state index in [1.165, 1.54) is 0 Å². The van der Waals surface area contributed by atoms with Crippen molar-refractivity contribution in [1.82, 2.24) is 0 Å². The van der Waals surface area contributed by atoms with Gasteiger partial charge in [-0.3, -0.25) is 4.79 Å². The van der Waals surface area contributed by atoms with Gasteiger partial charge in [-0.1, -0.05) is 12.1 Å². The number of anilines is 1. The molecule has 0 unspecified atom stereocenters. The van der Waals surface area contributed by atoms with E-state index in [9.17, 15) is 4.79 Å². The Morgan fingerprint density at radius 1 is 1.50 bits per heavy atom. The van der Waals surface area contributed by atoms with Crippen LogP contribution in [0.25, 0.3) is 0 Å². The molecule has 0 aliphatic heterocycles. The third-order valence-corrected chi connectivity index (χ3v) is 2.03. The number of carbonyl (C=O) groups excluding carboxylic acids is 1. The van der Waals surface area contributed by atoms with Crippen molar-refractivity contribution in [3.05, 3.63) is 31.2 Å². The molecule has 1 aromatic carbocycles. The fraction of sp³-hybridized carbons (Fsp3) is 0.273. The fourth-order valence-electron chi connectivity index (χ4n) is 1.21. The first-order valence-corrected chi connectivity index (χ1v) is 4.39. The number of amides is 1. The van der Waals surface area contributed by atoms with Crippen molar-refractivity contribution in [3.63, 3.8) is 0 Å². The van der Waals surface area contributed by atoms with E-state index in [0.29, 0.717) is 5.75 Å². The molecule has 0 heterocycles. The lowest BCUT2D eigenvalue weighted by atomic mass is 10.2. The molecule has 3 heteroatoms. The SMILES string of the molecule is [CH2]CC(=O)N(C)c1ccccc1OC. The van der Waals surface area contributed by atoms with Crippen LogP contribution in [0.2, 0.25) is 0 Å². The van der Waals surface area contributed by atoms with E-state index < -0.39 is 0 Å². The van der Waals surface area contributed by atoms with Gasteiger partial charge in [0.05, 0.1) is 12.8 Å². The lowest BCUT2D eigenvalue weighted by Crippen LogP contribution is -2.25. The maximum absolute atomic E-state index is 11.4. The largest absolute Gasteiger partial charge is 0.495 e. The predicted octanol–water partition coefficient (Wildman–Crippen LogP) is 1.88. The van der Waals surface area contributed by atoms with E-state index in [-0.39, 0.29) is 12.3 Å². The number of nitrogens with zero attached hydrogens (tertiary/aromatic N) is 1. The van der Waals surface area contributed by atoms with Crippen LogP contribution in [0, 0.1) is 6.92 Å². The molecule has 75 valence electrons. The predicted molar refractivity (Wildman–Crippen MR) is 56.4 cm³/mol. The molecular weight excluding hydrogens is 178 g/mol. The molecule has 0 N–H and O–H groups in total. The third kappa shape index (κ3) is 2.05. The summed E-state index contributed by atoms with van der Waals surface area (Å²) in [5, 5.41) is 0. The minimum Gasteiger partial charge on any atom is -0.495 e. The number of ether oxygens (including phenoxy) is 1. The zero-order valence-corrected chi connectivity index (χ0v) is 8.49. The highest BCUT2D eigenvalue weighted by Crippen LogP contribution is 2.26. The van der Waals surface area contributed by atoms with E-state index in [1.807, 2.05) is 24.3 Å². The minimum absolute atomic E-state index is 0.0329. The summed E-state index contributed by atoms with van der Waals surface area (Å²) in [6.45, 7) is 3.56. The van der Waals surface area contributed by atoms with Crippen LogP contribution in [-0.2, 0) is 4.79 Å². The van der Waals surface area contributed by atoms with Gasteiger partial charge < -0.3 is 9.64 Å². The van der Waals surface area contributed by atoms with Gasteiger partial charge in [-0.25, -0.2) is 0 Å². The molecule has 3 nitrogen and oxygen atoms in total. The Kier molecular flexibility index (Phi) is 3.51. The van der Waals surface area contributed by atoms with E-state index in [1.54, 1.807) is 19.1 Å². The van der Waals surface area contributed by atoms with Crippen LogP contribution in [0.5, 0.6) is 5.75 Å². The first-order chi connectivity index (χ1) is 6.70. The molecule has 1 radical (unpaired) electrons. The average molecular weight is 192 g/mol. The van der Waals surface area contributed by atoms with Gasteiger partial charge in [0.25, 0.3) is 0 Å². The Labute approximate surface area is 84.3 Å². The van der Waals surface area contributed by atoms with Crippen molar-refractivity contribution in [2.24, 2.45) is 0 Å². The Hall–Kier alpha value is -1.51. The standard InChI is InChI=1S/C11H14NO2/c1-4-11(13)12(2)9-7-5-6-8-10(9)14-3/h5-8H,1,4H2,2-3H3. The summed E-state index contributed by atoms with van der Waals surface area (Å²) < 4.78 is 5.15. The highest BCUT2D eigenvalue weighted by molar-refractivity contribution is 5.94. The highest BCUT2D eigenvalue weighted by atomic mass is 16.5. The molecule has 0 aliphatic carbocycles. The number of para-hydroxylation sites is 2. The van der Waals surface area contributed by atoms with Crippen molar-refractivity contribution < 1.29 is 9.53 Å². The molecule has 1 aromatic rings. The molecule has 0 bridgehead atoms. The van der Waals surface area contributed by atoms with Gasteiger partial charge in [0.15, 0.2) is 0 Å². The number of benzene rings is 1. The number of rotatable bonds is 3. The van der Waals surface area contributed by atoms with Crippen molar-refractivity contribution in [1.29, 1.82) is 0 Å². The molecule has 0 saturated carbocycles. The molecule has 1 rings (SSSR count). The first-order valence-electron chi connectivity index (χ1n) is 4.39. The maximum Gasteiger partial charge on any atom is 0.226 e. The third-order valence-electron chi connectivity index (χ3n) is 2.03. The van der Waals surface area contributed by atoms with Crippen molar-refractivity contribution >= 4 is 11.6 Å². The maximum atomic E-state index is 11.4. The molecule has 0 saturated heterocycles. The van der Waals surface area contributed by atoms with Crippen molar-refractivity contribution in [2.75, 3.05) is 19.1 Å². The fourth-order valence-corrected chi connectivity index (χ4v) is 1.21. The number of methoxy groups -OCH3 is 1. The van der Waals surface area contributed by atoms with E-state index >= 15 is 0 Å². The lowest BCUT2D eigenvalue weighted by molar-refractivity contribution is -0.117. The topological polar surface area (TPSA) is 29.5 Å². The smallest absolute Gasteiger partial charge is 0.226 e. The van der Waals surface area contributed by atoms with Gasteiger partial charge in [0.2, 0.25) is 5.91 Å². The summed E-state index contributed by atoms with van der Waals surface area (Å²) in [4.78, 5) is 12.9. The van der Waals surface area contributed by atoms with Crippen LogP contribution in [0.1, 0.15) is 6.42 Å². The van der Waals surface area contributed by atoms with E-state index in [2.05, 4.69) is 6.92 Å². The van der Waals surface area contributed by atoms with Crippen LogP contribution in [0.3, 0.4) is 0 Å². The second-order valence-corrected chi connectivity index (χ2v) is 2.87. The summed E-state index contributed by atoms with van der Waals surface area (Å²) in [5.41, 5.74) is 0.767. The van der Waals surface area contributed by atoms with Gasteiger partial charge >= 0.3 is 0 Å². The summed E-state index contributed by atoms with van der Waals surface area (Å²) in [6.07, 6.45) is 0.245. The molecule has 0 atom stereocenters. The van der Waals surface area contributed by atoms with Crippen LogP contribution >= 0.6 is 0 Å². The first kappa shape index (κ1) is 10.6. The second kappa shape index (κ2) is 4.65. The summed E-state index contributed by atoms with van der Waals surface area (Å²) >= 11 is 0. The zero-order chi connectivity index (χ0) is 10.6. The molecule has 0 spiro atoms. The molecule has 1 amide bonds. The molecule has 0 fully saturated rings. The van der Waals surface area contributed by atoms with Gasteiger partial charge in [0, 0.05) is 13.5 Å². The Morgan fingerprint density at radius 3 is 2.71 bits per heavy atom. The summed E-state index contributed by atoms with van der Waals surface area (Å²) in [7, 11) is 3.30. The van der Waals surface area contributed by atoms with E-state index in [4.69, 9.17) is 4.74 Å². The summed E-state index contributed by atoms with van der Waals surface area (Å²) in [5.74, 6) is 0.659.